The highest BCUT2D eigenvalue weighted by Crippen LogP contribution is 2.35. The third kappa shape index (κ3) is 6.60. The summed E-state index contributed by atoms with van der Waals surface area (Å²) in [7, 11) is 0. The number of nitriles is 1. The van der Waals surface area contributed by atoms with Gasteiger partial charge >= 0.3 is 6.01 Å². The van der Waals surface area contributed by atoms with E-state index in [0.29, 0.717) is 51.5 Å². The number of ether oxygens (including phenoxy) is 2. The van der Waals surface area contributed by atoms with Gasteiger partial charge < -0.3 is 24.2 Å². The SMILES string of the molecule is Cc1cccc2cncc(N3CCc4c(nc(OCCCOC5CC5)nc4N4CCN(C(=O)/C=C/CF)[C@@H](CC#N)C4)C3)c12. The van der Waals surface area contributed by atoms with Crippen molar-refractivity contribution in [1.29, 1.82) is 5.26 Å². The monoisotopic (exact) mass is 599 g/mol. The quantitative estimate of drug-likeness (QED) is 0.236. The number of aryl methyl sites for hydroxylation is 1. The number of nitrogens with zero attached hydrogens (tertiary/aromatic N) is 7. The van der Waals surface area contributed by atoms with Crippen molar-refractivity contribution in [1.82, 2.24) is 19.9 Å². The summed E-state index contributed by atoms with van der Waals surface area (Å²) >= 11 is 0. The maximum atomic E-state index is 12.8. The van der Waals surface area contributed by atoms with Gasteiger partial charge in [-0.25, -0.2) is 4.39 Å². The average molecular weight is 600 g/mol. The van der Waals surface area contributed by atoms with Gasteiger partial charge in [-0.15, -0.1) is 0 Å². The maximum Gasteiger partial charge on any atom is 0.318 e. The molecule has 0 radical (unpaired) electrons. The van der Waals surface area contributed by atoms with E-state index in [0.717, 1.165) is 60.4 Å². The molecule has 1 saturated carbocycles. The number of aromatic nitrogens is 3. The lowest BCUT2D eigenvalue weighted by molar-refractivity contribution is -0.128. The molecule has 1 aliphatic carbocycles. The number of alkyl halides is 1. The first-order valence-electron chi connectivity index (χ1n) is 15.4. The fraction of sp³-hybridized carbons (Fsp3) is 0.485. The van der Waals surface area contributed by atoms with E-state index in [2.05, 4.69) is 46.0 Å². The topological polar surface area (TPSA) is 108 Å². The number of hydrogen-bond donors (Lipinski definition) is 0. The highest BCUT2D eigenvalue weighted by Gasteiger charge is 2.33. The summed E-state index contributed by atoms with van der Waals surface area (Å²) in [6, 6.07) is 8.46. The van der Waals surface area contributed by atoms with Crippen LogP contribution in [0.4, 0.5) is 15.9 Å². The van der Waals surface area contributed by atoms with Gasteiger partial charge in [0.05, 0.1) is 62.0 Å². The van der Waals surface area contributed by atoms with Crippen molar-refractivity contribution < 1.29 is 18.7 Å². The lowest BCUT2D eigenvalue weighted by Crippen LogP contribution is -2.55. The standard InChI is InChI=1S/C33H38FN7O3/c1-23-5-2-6-24-19-36-20-29(31(23)24)39-14-11-27-28(22-39)37-33(44-18-4-17-43-26-8-9-26)38-32(27)40-15-16-41(25(21-40)10-13-35)30(42)7-3-12-34/h2-3,5-7,19-20,25-26H,4,8-12,14-18,21-22H2,1H3/b7-3+/t25-/m0/s1. The molecule has 1 amide bonds. The van der Waals surface area contributed by atoms with E-state index in [1.165, 1.54) is 23.1 Å². The number of allylic oxidation sites excluding steroid dienone is 1. The fourth-order valence-electron chi connectivity index (χ4n) is 6.13. The summed E-state index contributed by atoms with van der Waals surface area (Å²) in [5.74, 6) is 0.514. The zero-order chi connectivity index (χ0) is 30.5. The molecule has 2 aliphatic heterocycles. The van der Waals surface area contributed by atoms with E-state index in [1.54, 1.807) is 4.90 Å². The van der Waals surface area contributed by atoms with Crippen LogP contribution in [0.15, 0.2) is 42.7 Å². The zero-order valence-electron chi connectivity index (χ0n) is 25.1. The molecule has 230 valence electrons. The predicted molar refractivity (Wildman–Crippen MR) is 165 cm³/mol. The lowest BCUT2D eigenvalue weighted by atomic mass is 10.0. The van der Waals surface area contributed by atoms with Crippen LogP contribution in [0.5, 0.6) is 6.01 Å². The smallest absolute Gasteiger partial charge is 0.318 e. The van der Waals surface area contributed by atoms with Gasteiger partial charge in [-0.05, 0) is 37.8 Å². The second-order valence-corrected chi connectivity index (χ2v) is 11.6. The Morgan fingerprint density at radius 1 is 1.16 bits per heavy atom. The van der Waals surface area contributed by atoms with Crippen molar-refractivity contribution in [3.63, 3.8) is 0 Å². The van der Waals surface area contributed by atoms with Crippen molar-refractivity contribution in [3.8, 4) is 12.1 Å². The third-order valence-corrected chi connectivity index (χ3v) is 8.47. The molecule has 0 spiro atoms. The number of hydrogen-bond acceptors (Lipinski definition) is 9. The van der Waals surface area contributed by atoms with Gasteiger partial charge in [-0.1, -0.05) is 18.2 Å². The first-order valence-corrected chi connectivity index (χ1v) is 15.4. The van der Waals surface area contributed by atoms with Crippen molar-refractivity contribution in [3.05, 3.63) is 59.6 Å². The minimum atomic E-state index is -0.706. The highest BCUT2D eigenvalue weighted by atomic mass is 19.1. The van der Waals surface area contributed by atoms with Gasteiger partial charge in [0.1, 0.15) is 12.5 Å². The molecule has 0 N–H and O–H groups in total. The van der Waals surface area contributed by atoms with Crippen molar-refractivity contribution >= 4 is 28.2 Å². The van der Waals surface area contributed by atoms with E-state index < -0.39 is 6.67 Å². The third-order valence-electron chi connectivity index (χ3n) is 8.47. The number of halogens is 1. The van der Waals surface area contributed by atoms with Gasteiger partial charge in [-0.2, -0.15) is 15.2 Å². The van der Waals surface area contributed by atoms with Crippen LogP contribution in [0, 0.1) is 18.3 Å². The fourth-order valence-corrected chi connectivity index (χ4v) is 6.13. The Bertz CT molecular complexity index is 1570. The molecule has 10 nitrogen and oxygen atoms in total. The van der Waals surface area contributed by atoms with Crippen LogP contribution >= 0.6 is 0 Å². The Balaban J connectivity index is 1.28. The number of carbonyl (C=O) groups is 1. The van der Waals surface area contributed by atoms with Crippen LogP contribution in [-0.4, -0.2) is 84.0 Å². The second-order valence-electron chi connectivity index (χ2n) is 11.6. The largest absolute Gasteiger partial charge is 0.463 e. The van der Waals surface area contributed by atoms with Crippen LogP contribution in [0.1, 0.15) is 42.5 Å². The molecule has 44 heavy (non-hydrogen) atoms. The lowest BCUT2D eigenvalue weighted by Gasteiger charge is -2.42. The number of amides is 1. The second kappa shape index (κ2) is 13.6. The van der Waals surface area contributed by atoms with E-state index in [1.807, 2.05) is 12.4 Å². The number of fused-ring (bicyclic) bond motifs is 2. The van der Waals surface area contributed by atoms with Crippen LogP contribution < -0.4 is 14.5 Å². The first-order chi connectivity index (χ1) is 21.6. The summed E-state index contributed by atoms with van der Waals surface area (Å²) in [6.07, 6.45) is 10.6. The van der Waals surface area contributed by atoms with E-state index in [9.17, 15) is 14.4 Å². The summed E-state index contributed by atoms with van der Waals surface area (Å²) in [4.78, 5) is 33.2. The Labute approximate surface area is 257 Å². The molecule has 2 aromatic heterocycles. The molecule has 1 atom stereocenters. The van der Waals surface area contributed by atoms with Gasteiger partial charge in [0, 0.05) is 61.2 Å². The van der Waals surface area contributed by atoms with E-state index >= 15 is 0 Å². The number of piperazine rings is 1. The summed E-state index contributed by atoms with van der Waals surface area (Å²) < 4.78 is 24.6. The maximum absolute atomic E-state index is 12.8. The molecule has 11 heteroatoms. The van der Waals surface area contributed by atoms with Crippen molar-refractivity contribution in [2.45, 2.75) is 57.7 Å². The molecule has 2 fully saturated rings. The Morgan fingerprint density at radius 2 is 2.05 bits per heavy atom. The molecule has 0 unspecified atom stereocenters. The van der Waals surface area contributed by atoms with Crippen LogP contribution in [0.2, 0.25) is 0 Å². The summed E-state index contributed by atoms with van der Waals surface area (Å²) in [6.45, 7) is 5.24. The Kier molecular flexibility index (Phi) is 9.17. The van der Waals surface area contributed by atoms with Crippen LogP contribution in [0.3, 0.4) is 0 Å². The molecule has 1 aromatic carbocycles. The minimum absolute atomic E-state index is 0.171. The number of benzene rings is 1. The first kappa shape index (κ1) is 29.8. The van der Waals surface area contributed by atoms with E-state index in [4.69, 9.17) is 19.4 Å². The number of carbonyl (C=O) groups excluding carboxylic acids is 1. The number of pyridine rings is 1. The van der Waals surface area contributed by atoms with Gasteiger partial charge in [0.2, 0.25) is 5.91 Å². The molecule has 0 bridgehead atoms. The van der Waals surface area contributed by atoms with Crippen LogP contribution in [-0.2, 0) is 22.5 Å². The Hall–Kier alpha value is -4.30. The molecular weight excluding hydrogens is 561 g/mol. The van der Waals surface area contributed by atoms with Gasteiger partial charge in [0.15, 0.2) is 0 Å². The van der Waals surface area contributed by atoms with Crippen LogP contribution in [0.25, 0.3) is 10.8 Å². The highest BCUT2D eigenvalue weighted by molar-refractivity contribution is 5.96. The summed E-state index contributed by atoms with van der Waals surface area (Å²) in [5, 5.41) is 11.8. The predicted octanol–water partition coefficient (Wildman–Crippen LogP) is 4.30. The number of anilines is 2. The van der Waals surface area contributed by atoms with Crippen molar-refractivity contribution in [2.75, 3.05) is 55.9 Å². The molecule has 3 aliphatic rings. The zero-order valence-corrected chi connectivity index (χ0v) is 25.1. The normalized spacial score (nSPS) is 18.5. The Morgan fingerprint density at radius 3 is 2.86 bits per heavy atom. The molecule has 1 saturated heterocycles. The molecule has 3 aromatic rings. The van der Waals surface area contributed by atoms with Crippen molar-refractivity contribution in [2.24, 2.45) is 0 Å². The molecular formula is C33H38FN7O3. The van der Waals surface area contributed by atoms with Gasteiger partial charge in [0.25, 0.3) is 0 Å². The van der Waals surface area contributed by atoms with E-state index in [-0.39, 0.29) is 18.4 Å². The van der Waals surface area contributed by atoms with Gasteiger partial charge in [-0.3, -0.25) is 9.78 Å². The average Bonchev–Trinajstić information content (AvgIpc) is 3.87. The summed E-state index contributed by atoms with van der Waals surface area (Å²) in [5.41, 5.74) is 4.23. The minimum Gasteiger partial charge on any atom is -0.463 e. The molecule has 6 rings (SSSR count). The number of rotatable bonds is 11. The molecule has 4 heterocycles.